The Morgan fingerprint density at radius 1 is 1.19 bits per heavy atom. The van der Waals surface area contributed by atoms with Crippen LogP contribution in [-0.4, -0.2) is 46.0 Å². The van der Waals surface area contributed by atoms with Crippen LogP contribution in [-0.2, 0) is 18.3 Å². The van der Waals surface area contributed by atoms with Gasteiger partial charge in [0.05, 0.1) is 6.54 Å². The Morgan fingerprint density at radius 2 is 1.96 bits per heavy atom. The van der Waals surface area contributed by atoms with Crippen LogP contribution in [0.5, 0.6) is 5.75 Å². The Kier molecular flexibility index (Phi) is 5.92. The fraction of sp³-hybridized carbons (Fsp3) is 0.389. The molecule has 0 amide bonds. The van der Waals surface area contributed by atoms with E-state index in [1.54, 1.807) is 18.7 Å². The van der Waals surface area contributed by atoms with Gasteiger partial charge >= 0.3 is 5.69 Å². The van der Waals surface area contributed by atoms with Crippen molar-refractivity contribution in [3.05, 3.63) is 51.2 Å². The van der Waals surface area contributed by atoms with Gasteiger partial charge in [-0.3, -0.25) is 14.3 Å². The van der Waals surface area contributed by atoms with Gasteiger partial charge in [-0.2, -0.15) is 4.98 Å². The van der Waals surface area contributed by atoms with Crippen molar-refractivity contribution in [3.8, 4) is 5.75 Å². The summed E-state index contributed by atoms with van der Waals surface area (Å²) in [6.07, 6.45) is 0.787. The zero-order valence-electron chi connectivity index (χ0n) is 15.4. The smallest absolute Gasteiger partial charge is 0.329 e. The number of fused-ring (bicyclic) bond motifs is 1. The van der Waals surface area contributed by atoms with E-state index in [0.29, 0.717) is 43.4 Å². The highest BCUT2D eigenvalue weighted by Gasteiger charge is 2.17. The summed E-state index contributed by atoms with van der Waals surface area (Å²) in [4.78, 5) is 31.0. The summed E-state index contributed by atoms with van der Waals surface area (Å²) >= 11 is 0. The molecule has 144 valence electrons. The van der Waals surface area contributed by atoms with Crippen molar-refractivity contribution in [1.82, 2.24) is 19.1 Å². The van der Waals surface area contributed by atoms with Gasteiger partial charge in [0, 0.05) is 27.3 Å². The molecule has 9 heteroatoms. The zero-order chi connectivity index (χ0) is 19.2. The maximum absolute atomic E-state index is 12.4. The molecule has 0 aliphatic carbocycles. The number of hydrogen-bond donors (Lipinski definition) is 2. The number of aryl methyl sites for hydroxylation is 1. The summed E-state index contributed by atoms with van der Waals surface area (Å²) in [7, 11) is 3.22. The van der Waals surface area contributed by atoms with Crippen LogP contribution in [0.25, 0.3) is 11.2 Å². The van der Waals surface area contributed by atoms with Gasteiger partial charge in [-0.25, -0.2) is 4.79 Å². The molecule has 0 saturated carbocycles. The third kappa shape index (κ3) is 4.20. The number of benzene rings is 1. The molecule has 0 aliphatic rings. The number of ether oxygens (including phenoxy) is 2. The van der Waals surface area contributed by atoms with Crippen LogP contribution < -0.4 is 21.3 Å². The lowest BCUT2D eigenvalue weighted by Crippen LogP contribution is -2.29. The van der Waals surface area contributed by atoms with Crippen molar-refractivity contribution >= 4 is 17.1 Å². The second-order valence-electron chi connectivity index (χ2n) is 6.01. The van der Waals surface area contributed by atoms with E-state index < -0.39 is 11.2 Å². The van der Waals surface area contributed by atoms with E-state index in [2.05, 4.69) is 15.3 Å². The monoisotopic (exact) mass is 373 g/mol. The van der Waals surface area contributed by atoms with Crippen molar-refractivity contribution in [1.29, 1.82) is 0 Å². The van der Waals surface area contributed by atoms with E-state index >= 15 is 0 Å². The molecule has 0 radical (unpaired) electrons. The van der Waals surface area contributed by atoms with E-state index in [1.165, 1.54) is 4.57 Å². The minimum Gasteiger partial charge on any atom is -0.492 e. The number of imidazole rings is 1. The van der Waals surface area contributed by atoms with Crippen molar-refractivity contribution in [3.63, 3.8) is 0 Å². The quantitative estimate of drug-likeness (QED) is 0.542. The highest BCUT2D eigenvalue weighted by atomic mass is 16.5. The fourth-order valence-corrected chi connectivity index (χ4v) is 2.78. The standard InChI is InChI=1S/C18H23N5O4/c1-22-15-14(16(24)21-18(22)25)23(17(20-15)19-9-6-11-26-2)10-12-27-13-7-4-3-5-8-13/h3-5,7-8H,6,9-12H2,1-2H3,(H,19,20)(H,21,24,25). The number of rotatable bonds is 9. The summed E-state index contributed by atoms with van der Waals surface area (Å²) in [6, 6.07) is 9.44. The van der Waals surface area contributed by atoms with Crippen LogP contribution in [0, 0.1) is 0 Å². The lowest BCUT2D eigenvalue weighted by atomic mass is 10.3. The fourth-order valence-electron chi connectivity index (χ4n) is 2.78. The molecule has 0 spiro atoms. The topological polar surface area (TPSA) is 103 Å². The molecular formula is C18H23N5O4. The van der Waals surface area contributed by atoms with E-state index in [-0.39, 0.29) is 0 Å². The molecule has 0 atom stereocenters. The first-order valence-electron chi connectivity index (χ1n) is 8.72. The van der Waals surface area contributed by atoms with Crippen LogP contribution in [0.1, 0.15) is 6.42 Å². The van der Waals surface area contributed by atoms with Gasteiger partial charge < -0.3 is 19.4 Å². The summed E-state index contributed by atoms with van der Waals surface area (Å²) in [6.45, 7) is 2.00. The van der Waals surface area contributed by atoms with Gasteiger partial charge in [-0.15, -0.1) is 0 Å². The van der Waals surface area contributed by atoms with Gasteiger partial charge in [-0.05, 0) is 18.6 Å². The van der Waals surface area contributed by atoms with E-state index in [0.717, 1.165) is 12.2 Å². The van der Waals surface area contributed by atoms with Crippen molar-refractivity contribution in [2.45, 2.75) is 13.0 Å². The SMILES string of the molecule is COCCCNc1nc2c(c(=O)[nH]c(=O)n2C)n1CCOc1ccccc1. The normalized spacial score (nSPS) is 11.0. The van der Waals surface area contributed by atoms with Crippen LogP contribution in [0.4, 0.5) is 5.95 Å². The second-order valence-corrected chi connectivity index (χ2v) is 6.01. The van der Waals surface area contributed by atoms with E-state index in [4.69, 9.17) is 9.47 Å². The number of hydrogen-bond acceptors (Lipinski definition) is 6. The predicted octanol–water partition coefficient (Wildman–Crippen LogP) is 0.951. The summed E-state index contributed by atoms with van der Waals surface area (Å²) in [5, 5.41) is 3.21. The third-order valence-electron chi connectivity index (χ3n) is 4.14. The molecule has 9 nitrogen and oxygen atoms in total. The molecule has 1 aromatic carbocycles. The van der Waals surface area contributed by atoms with Gasteiger partial charge in [0.1, 0.15) is 12.4 Å². The third-order valence-corrected chi connectivity index (χ3v) is 4.14. The molecule has 0 fully saturated rings. The lowest BCUT2D eigenvalue weighted by Gasteiger charge is -2.11. The summed E-state index contributed by atoms with van der Waals surface area (Å²) in [5.74, 6) is 1.27. The number of anilines is 1. The predicted molar refractivity (Wildman–Crippen MR) is 103 cm³/mol. The molecule has 0 saturated heterocycles. The van der Waals surface area contributed by atoms with Gasteiger partial charge in [-0.1, -0.05) is 18.2 Å². The molecule has 2 heterocycles. The Hall–Kier alpha value is -3.07. The number of aromatic amines is 1. The highest BCUT2D eigenvalue weighted by Crippen LogP contribution is 2.16. The molecule has 27 heavy (non-hydrogen) atoms. The molecular weight excluding hydrogens is 350 g/mol. The van der Waals surface area contributed by atoms with Crippen LogP contribution in [0.2, 0.25) is 0 Å². The van der Waals surface area contributed by atoms with Gasteiger partial charge in [0.25, 0.3) is 5.56 Å². The Morgan fingerprint density at radius 3 is 2.70 bits per heavy atom. The average Bonchev–Trinajstić information content (AvgIpc) is 3.03. The molecule has 3 aromatic rings. The first-order chi connectivity index (χ1) is 13.1. The van der Waals surface area contributed by atoms with Crippen molar-refractivity contribution in [2.24, 2.45) is 7.05 Å². The average molecular weight is 373 g/mol. The maximum atomic E-state index is 12.4. The minimum atomic E-state index is -0.497. The summed E-state index contributed by atoms with van der Waals surface area (Å²) < 4.78 is 13.9. The molecule has 0 unspecified atom stereocenters. The lowest BCUT2D eigenvalue weighted by molar-refractivity contribution is 0.197. The number of nitrogens with one attached hydrogen (secondary N) is 2. The largest absolute Gasteiger partial charge is 0.492 e. The Balaban J connectivity index is 1.88. The Labute approximate surface area is 155 Å². The molecule has 0 bridgehead atoms. The van der Waals surface area contributed by atoms with Crippen LogP contribution in [0.15, 0.2) is 39.9 Å². The summed E-state index contributed by atoms with van der Waals surface area (Å²) in [5.41, 5.74) is -0.297. The second kappa shape index (κ2) is 8.54. The minimum absolute atomic E-state index is 0.331. The molecule has 2 N–H and O–H groups in total. The Bertz CT molecular complexity index is 1010. The first kappa shape index (κ1) is 18.7. The molecule has 0 aliphatic heterocycles. The molecule has 3 rings (SSSR count). The number of nitrogens with zero attached hydrogens (tertiary/aromatic N) is 3. The van der Waals surface area contributed by atoms with Crippen molar-refractivity contribution in [2.75, 3.05) is 32.2 Å². The number of aromatic nitrogens is 4. The first-order valence-corrected chi connectivity index (χ1v) is 8.72. The van der Waals surface area contributed by atoms with Crippen LogP contribution in [0.3, 0.4) is 0 Å². The van der Waals surface area contributed by atoms with E-state index in [1.807, 2.05) is 30.3 Å². The van der Waals surface area contributed by atoms with Gasteiger partial charge in [0.2, 0.25) is 5.95 Å². The van der Waals surface area contributed by atoms with Crippen molar-refractivity contribution < 1.29 is 9.47 Å². The highest BCUT2D eigenvalue weighted by molar-refractivity contribution is 5.74. The number of H-pyrrole nitrogens is 1. The zero-order valence-corrected chi connectivity index (χ0v) is 15.4. The number of methoxy groups -OCH3 is 1. The maximum Gasteiger partial charge on any atom is 0.329 e. The molecule has 2 aromatic heterocycles. The van der Waals surface area contributed by atoms with Gasteiger partial charge in [0.15, 0.2) is 11.2 Å². The van der Waals surface area contributed by atoms with Crippen LogP contribution >= 0.6 is 0 Å². The van der Waals surface area contributed by atoms with E-state index in [9.17, 15) is 9.59 Å². The number of para-hydroxylation sites is 1.